The van der Waals surface area contributed by atoms with Crippen LogP contribution in [-0.4, -0.2) is 25.7 Å². The third-order valence-corrected chi connectivity index (χ3v) is 4.58. The van der Waals surface area contributed by atoms with Crippen LogP contribution in [0.3, 0.4) is 0 Å². The molecule has 0 bridgehead atoms. The first-order valence-corrected chi connectivity index (χ1v) is 9.23. The lowest BCUT2D eigenvalue weighted by Crippen LogP contribution is -2.30. The van der Waals surface area contributed by atoms with E-state index in [1.165, 1.54) is 0 Å². The molecule has 4 rings (SSSR count). The van der Waals surface area contributed by atoms with Gasteiger partial charge in [-0.1, -0.05) is 36.4 Å². The lowest BCUT2D eigenvalue weighted by molar-refractivity contribution is 0.0942. The van der Waals surface area contributed by atoms with Crippen molar-refractivity contribution < 1.29 is 4.79 Å². The summed E-state index contributed by atoms with van der Waals surface area (Å²) in [7, 11) is 0. The Labute approximate surface area is 163 Å². The second-order valence-corrected chi connectivity index (χ2v) is 6.89. The molecule has 1 atom stereocenters. The lowest BCUT2D eigenvalue weighted by Gasteiger charge is -2.19. The summed E-state index contributed by atoms with van der Waals surface area (Å²) in [6.07, 6.45) is 5.07. The summed E-state index contributed by atoms with van der Waals surface area (Å²) in [5.74, 6) is -0.203. The van der Waals surface area contributed by atoms with Gasteiger partial charge in [-0.25, -0.2) is 9.67 Å². The zero-order valence-electron chi connectivity index (χ0n) is 15.8. The molecule has 0 aliphatic heterocycles. The highest BCUT2D eigenvalue weighted by atomic mass is 16.1. The monoisotopic (exact) mass is 371 g/mol. The molecule has 1 amide bonds. The molecule has 6 nitrogen and oxygen atoms in total. The molecule has 6 heteroatoms. The van der Waals surface area contributed by atoms with E-state index in [1.54, 1.807) is 18.6 Å². The summed E-state index contributed by atoms with van der Waals surface area (Å²) in [5.41, 5.74) is 3.02. The Morgan fingerprint density at radius 3 is 2.50 bits per heavy atom. The maximum Gasteiger partial charge on any atom is 0.253 e. The second kappa shape index (κ2) is 7.60. The molecule has 0 radical (unpaired) electrons. The number of fused-ring (bicyclic) bond motifs is 1. The van der Waals surface area contributed by atoms with Crippen LogP contribution >= 0.6 is 0 Å². The molecule has 0 fully saturated rings. The molecule has 3 aromatic heterocycles. The molecule has 140 valence electrons. The van der Waals surface area contributed by atoms with E-state index in [1.807, 2.05) is 73.1 Å². The van der Waals surface area contributed by atoms with Gasteiger partial charge in [-0.15, -0.1) is 0 Å². The number of nitrogens with zero attached hydrogens (tertiary/aromatic N) is 4. The first-order chi connectivity index (χ1) is 13.6. The van der Waals surface area contributed by atoms with Gasteiger partial charge in [-0.2, -0.15) is 5.10 Å². The highest BCUT2D eigenvalue weighted by Crippen LogP contribution is 2.22. The second-order valence-electron chi connectivity index (χ2n) is 6.89. The summed E-state index contributed by atoms with van der Waals surface area (Å²) in [6.45, 7) is 4.10. The van der Waals surface area contributed by atoms with Gasteiger partial charge < -0.3 is 5.32 Å². The minimum atomic E-state index is -0.344. The quantitative estimate of drug-likeness (QED) is 0.577. The molecule has 0 saturated heterocycles. The molecule has 0 saturated carbocycles. The fourth-order valence-electron chi connectivity index (χ4n) is 3.18. The zero-order chi connectivity index (χ0) is 19.5. The van der Waals surface area contributed by atoms with Crippen LogP contribution < -0.4 is 5.32 Å². The Morgan fingerprint density at radius 2 is 1.79 bits per heavy atom. The standard InChI is InChI=1S/C22H21N5O/c1-15(2)27-21-17(14-25-27)12-18(13-24-21)22(28)26-20(16-8-4-3-5-9-16)19-10-6-7-11-23-19/h3-15,20H,1-2H3,(H,26,28)/t20-/m1/s1. The van der Waals surface area contributed by atoms with Crippen LogP contribution in [0.15, 0.2) is 73.2 Å². The minimum Gasteiger partial charge on any atom is -0.339 e. The number of carbonyl (C=O) groups is 1. The number of rotatable bonds is 5. The molecule has 0 unspecified atom stereocenters. The van der Waals surface area contributed by atoms with E-state index >= 15 is 0 Å². The van der Waals surface area contributed by atoms with Crippen molar-refractivity contribution in [2.75, 3.05) is 0 Å². The van der Waals surface area contributed by atoms with Crippen molar-refractivity contribution >= 4 is 16.9 Å². The third-order valence-electron chi connectivity index (χ3n) is 4.58. The van der Waals surface area contributed by atoms with Crippen molar-refractivity contribution in [1.82, 2.24) is 25.1 Å². The highest BCUT2D eigenvalue weighted by Gasteiger charge is 2.19. The van der Waals surface area contributed by atoms with E-state index in [0.29, 0.717) is 5.56 Å². The van der Waals surface area contributed by atoms with Crippen molar-refractivity contribution in [3.8, 4) is 0 Å². The Morgan fingerprint density at radius 1 is 1.00 bits per heavy atom. The predicted molar refractivity (Wildman–Crippen MR) is 108 cm³/mol. The van der Waals surface area contributed by atoms with Crippen LogP contribution in [0.1, 0.15) is 47.5 Å². The number of aromatic nitrogens is 4. The molecule has 1 N–H and O–H groups in total. The molecule has 3 heterocycles. The first kappa shape index (κ1) is 17.9. The Bertz CT molecular complexity index is 1050. The van der Waals surface area contributed by atoms with Crippen molar-refractivity contribution in [3.05, 3.63) is 90.0 Å². The first-order valence-electron chi connectivity index (χ1n) is 9.23. The summed E-state index contributed by atoms with van der Waals surface area (Å²) in [4.78, 5) is 21.9. The van der Waals surface area contributed by atoms with Gasteiger partial charge in [-0.05, 0) is 37.6 Å². The number of amides is 1. The van der Waals surface area contributed by atoms with Crippen LogP contribution in [0.25, 0.3) is 11.0 Å². The largest absolute Gasteiger partial charge is 0.339 e. The molecule has 28 heavy (non-hydrogen) atoms. The van der Waals surface area contributed by atoms with E-state index < -0.39 is 0 Å². The van der Waals surface area contributed by atoms with Crippen LogP contribution in [-0.2, 0) is 0 Å². The Hall–Kier alpha value is -3.54. The molecule has 4 aromatic rings. The molecule has 0 aliphatic carbocycles. The minimum absolute atomic E-state index is 0.203. The third kappa shape index (κ3) is 3.49. The van der Waals surface area contributed by atoms with Crippen LogP contribution in [0.5, 0.6) is 0 Å². The van der Waals surface area contributed by atoms with Gasteiger partial charge in [0.05, 0.1) is 23.5 Å². The lowest BCUT2D eigenvalue weighted by atomic mass is 10.0. The zero-order valence-corrected chi connectivity index (χ0v) is 15.8. The van der Waals surface area contributed by atoms with Crippen LogP contribution in [0.2, 0.25) is 0 Å². The van der Waals surface area contributed by atoms with Crippen molar-refractivity contribution in [2.45, 2.75) is 25.9 Å². The van der Waals surface area contributed by atoms with Crippen molar-refractivity contribution in [1.29, 1.82) is 0 Å². The van der Waals surface area contributed by atoms with Gasteiger partial charge in [0, 0.05) is 23.8 Å². The number of nitrogens with one attached hydrogen (secondary N) is 1. The van der Waals surface area contributed by atoms with E-state index in [2.05, 4.69) is 20.4 Å². The number of hydrogen-bond donors (Lipinski definition) is 1. The van der Waals surface area contributed by atoms with E-state index in [4.69, 9.17) is 0 Å². The van der Waals surface area contributed by atoms with Gasteiger partial charge in [0.1, 0.15) is 0 Å². The average molecular weight is 371 g/mol. The van der Waals surface area contributed by atoms with E-state index in [9.17, 15) is 4.79 Å². The summed E-state index contributed by atoms with van der Waals surface area (Å²) < 4.78 is 1.84. The fourth-order valence-corrected chi connectivity index (χ4v) is 3.18. The van der Waals surface area contributed by atoms with Crippen molar-refractivity contribution in [2.24, 2.45) is 0 Å². The van der Waals surface area contributed by atoms with Gasteiger partial charge in [-0.3, -0.25) is 9.78 Å². The maximum atomic E-state index is 13.0. The SMILES string of the molecule is CC(C)n1ncc2cc(C(=O)N[C@H](c3ccccc3)c3ccccn3)cnc21. The normalized spacial score (nSPS) is 12.2. The predicted octanol–water partition coefficient (Wildman–Crippen LogP) is 3.93. The molecule has 0 aliphatic rings. The van der Waals surface area contributed by atoms with Crippen molar-refractivity contribution in [3.63, 3.8) is 0 Å². The van der Waals surface area contributed by atoms with Gasteiger partial charge in [0.25, 0.3) is 5.91 Å². The number of pyridine rings is 2. The summed E-state index contributed by atoms with van der Waals surface area (Å²) in [5, 5.41) is 8.30. The van der Waals surface area contributed by atoms with Gasteiger partial charge in [0.2, 0.25) is 0 Å². The maximum absolute atomic E-state index is 13.0. The summed E-state index contributed by atoms with van der Waals surface area (Å²) in [6, 6.07) is 17.2. The molecule has 0 spiro atoms. The molecular formula is C22H21N5O. The van der Waals surface area contributed by atoms with E-state index in [0.717, 1.165) is 22.3 Å². The van der Waals surface area contributed by atoms with Crippen LogP contribution in [0.4, 0.5) is 0 Å². The highest BCUT2D eigenvalue weighted by molar-refractivity contribution is 5.97. The van der Waals surface area contributed by atoms with Gasteiger partial charge in [0.15, 0.2) is 5.65 Å². The molecule has 1 aromatic carbocycles. The summed E-state index contributed by atoms with van der Waals surface area (Å²) >= 11 is 0. The Balaban J connectivity index is 1.65. The number of benzene rings is 1. The number of carbonyl (C=O) groups excluding carboxylic acids is 1. The van der Waals surface area contributed by atoms with Gasteiger partial charge >= 0.3 is 0 Å². The smallest absolute Gasteiger partial charge is 0.253 e. The van der Waals surface area contributed by atoms with E-state index in [-0.39, 0.29) is 18.0 Å². The topological polar surface area (TPSA) is 72.7 Å². The fraction of sp³-hybridized carbons (Fsp3) is 0.182. The molecular weight excluding hydrogens is 350 g/mol. The van der Waals surface area contributed by atoms with Crippen LogP contribution in [0, 0.1) is 0 Å². The average Bonchev–Trinajstić information content (AvgIpc) is 3.16. The number of hydrogen-bond acceptors (Lipinski definition) is 4. The Kier molecular flexibility index (Phi) is 4.85.